The smallest absolute Gasteiger partial charge is 0.306 e. The highest BCUT2D eigenvalue weighted by Crippen LogP contribution is 2.25. The van der Waals surface area contributed by atoms with E-state index in [2.05, 4.69) is 10.2 Å². The van der Waals surface area contributed by atoms with Gasteiger partial charge in [0.2, 0.25) is 0 Å². The molecule has 120 valence electrons. The zero-order chi connectivity index (χ0) is 17.5. The van der Waals surface area contributed by atoms with Crippen molar-refractivity contribution < 1.29 is 9.90 Å². The number of hydrogen-bond donors (Lipinski definition) is 2. The monoisotopic (exact) mass is 321 g/mol. The fourth-order valence-corrected chi connectivity index (χ4v) is 2.57. The van der Waals surface area contributed by atoms with E-state index in [0.29, 0.717) is 31.6 Å². The molecule has 1 aliphatic rings. The standard InChI is InChI=1S/C17H15N5O2/c18-9-13(10-19)16(11-20)21-14-1-3-15(4-2-14)22-7-5-12(6-8-22)17(23)24/h1-4,12,21H,5-8H2,(H,23,24). The summed E-state index contributed by atoms with van der Waals surface area (Å²) in [5.41, 5.74) is 1.21. The van der Waals surface area contributed by atoms with Crippen LogP contribution in [0.4, 0.5) is 11.4 Å². The van der Waals surface area contributed by atoms with Gasteiger partial charge < -0.3 is 15.3 Å². The topological polar surface area (TPSA) is 124 Å². The number of nitriles is 3. The molecule has 0 saturated carbocycles. The second-order valence-electron chi connectivity index (χ2n) is 5.36. The molecule has 1 fully saturated rings. The number of rotatable bonds is 4. The van der Waals surface area contributed by atoms with E-state index in [1.54, 1.807) is 30.3 Å². The van der Waals surface area contributed by atoms with E-state index in [9.17, 15) is 4.79 Å². The van der Waals surface area contributed by atoms with Gasteiger partial charge in [-0.15, -0.1) is 0 Å². The van der Waals surface area contributed by atoms with Crippen LogP contribution in [0.5, 0.6) is 0 Å². The molecule has 0 aliphatic carbocycles. The summed E-state index contributed by atoms with van der Waals surface area (Å²) in [5.74, 6) is -1.02. The van der Waals surface area contributed by atoms with Gasteiger partial charge in [0.05, 0.1) is 5.92 Å². The minimum absolute atomic E-state index is 0.0879. The summed E-state index contributed by atoms with van der Waals surface area (Å²) in [6.45, 7) is 1.36. The van der Waals surface area contributed by atoms with Crippen LogP contribution >= 0.6 is 0 Å². The molecule has 2 rings (SSSR count). The Hall–Kier alpha value is -3.50. The minimum Gasteiger partial charge on any atom is -0.481 e. The molecule has 1 aromatic carbocycles. The van der Waals surface area contributed by atoms with Gasteiger partial charge in [0, 0.05) is 24.5 Å². The molecule has 24 heavy (non-hydrogen) atoms. The lowest BCUT2D eigenvalue weighted by Gasteiger charge is -2.32. The number of carbonyl (C=O) groups is 1. The van der Waals surface area contributed by atoms with Crippen molar-refractivity contribution in [2.24, 2.45) is 5.92 Å². The SMILES string of the molecule is N#CC(C#N)=C(C#N)Nc1ccc(N2CCC(C(=O)O)CC2)cc1. The van der Waals surface area contributed by atoms with Gasteiger partial charge in [0.15, 0.2) is 5.57 Å². The zero-order valence-electron chi connectivity index (χ0n) is 12.9. The molecular formula is C17H15N5O2. The number of nitrogens with one attached hydrogen (secondary N) is 1. The van der Waals surface area contributed by atoms with Crippen LogP contribution in [0, 0.1) is 39.9 Å². The fourth-order valence-electron chi connectivity index (χ4n) is 2.57. The van der Waals surface area contributed by atoms with Crippen LogP contribution in [-0.4, -0.2) is 24.2 Å². The third kappa shape index (κ3) is 3.82. The Morgan fingerprint density at radius 1 is 1.08 bits per heavy atom. The summed E-state index contributed by atoms with van der Waals surface area (Å²) < 4.78 is 0. The Balaban J connectivity index is 2.06. The number of nitrogens with zero attached hydrogens (tertiary/aromatic N) is 4. The Kier molecular flexibility index (Phi) is 5.39. The maximum absolute atomic E-state index is 11.0. The first-order valence-electron chi connectivity index (χ1n) is 7.38. The Morgan fingerprint density at radius 2 is 1.67 bits per heavy atom. The number of piperidine rings is 1. The number of anilines is 2. The highest BCUT2D eigenvalue weighted by atomic mass is 16.4. The highest BCUT2D eigenvalue weighted by molar-refractivity contribution is 5.70. The quantitative estimate of drug-likeness (QED) is 0.815. The molecule has 7 nitrogen and oxygen atoms in total. The summed E-state index contributed by atoms with van der Waals surface area (Å²) in [5, 5.41) is 38.4. The molecule has 1 saturated heterocycles. The Bertz CT molecular complexity index is 753. The molecule has 0 radical (unpaired) electrons. The van der Waals surface area contributed by atoms with Gasteiger partial charge in [-0.05, 0) is 37.1 Å². The van der Waals surface area contributed by atoms with Gasteiger partial charge in [-0.3, -0.25) is 4.79 Å². The molecule has 0 spiro atoms. The largest absolute Gasteiger partial charge is 0.481 e. The molecule has 0 atom stereocenters. The second kappa shape index (κ2) is 7.67. The number of benzene rings is 1. The molecule has 1 aliphatic heterocycles. The average molecular weight is 321 g/mol. The van der Waals surface area contributed by atoms with Gasteiger partial charge in [-0.2, -0.15) is 15.8 Å². The minimum atomic E-state index is -0.740. The number of aliphatic carboxylic acids is 1. The van der Waals surface area contributed by atoms with Crippen LogP contribution in [0.2, 0.25) is 0 Å². The van der Waals surface area contributed by atoms with Crippen molar-refractivity contribution in [2.45, 2.75) is 12.8 Å². The van der Waals surface area contributed by atoms with Crippen LogP contribution < -0.4 is 10.2 Å². The summed E-state index contributed by atoms with van der Waals surface area (Å²) in [6, 6.07) is 12.4. The Labute approximate surface area is 139 Å². The van der Waals surface area contributed by atoms with Crippen molar-refractivity contribution in [3.05, 3.63) is 35.5 Å². The average Bonchev–Trinajstić information content (AvgIpc) is 2.62. The summed E-state index contributed by atoms with van der Waals surface area (Å²) in [7, 11) is 0. The highest BCUT2D eigenvalue weighted by Gasteiger charge is 2.24. The first kappa shape index (κ1) is 16.9. The van der Waals surface area contributed by atoms with Gasteiger partial charge in [0.25, 0.3) is 0 Å². The van der Waals surface area contributed by atoms with Crippen LogP contribution in [0.15, 0.2) is 35.5 Å². The van der Waals surface area contributed by atoms with Crippen LogP contribution in [-0.2, 0) is 4.79 Å². The number of allylic oxidation sites excluding steroid dienone is 2. The number of hydrogen-bond acceptors (Lipinski definition) is 6. The molecule has 2 N–H and O–H groups in total. The van der Waals surface area contributed by atoms with E-state index in [-0.39, 0.29) is 17.2 Å². The molecule has 1 heterocycles. The van der Waals surface area contributed by atoms with E-state index in [0.717, 1.165) is 5.69 Å². The van der Waals surface area contributed by atoms with Crippen LogP contribution in [0.25, 0.3) is 0 Å². The van der Waals surface area contributed by atoms with Crippen molar-refractivity contribution in [1.82, 2.24) is 0 Å². The predicted molar refractivity (Wildman–Crippen MR) is 86.5 cm³/mol. The van der Waals surface area contributed by atoms with Crippen molar-refractivity contribution in [3.63, 3.8) is 0 Å². The fraction of sp³-hybridized carbons (Fsp3) is 0.294. The third-order valence-corrected chi connectivity index (χ3v) is 3.93. The summed E-state index contributed by atoms with van der Waals surface area (Å²) >= 11 is 0. The number of carboxylic acids is 1. The second-order valence-corrected chi connectivity index (χ2v) is 5.36. The van der Waals surface area contributed by atoms with Crippen molar-refractivity contribution in [3.8, 4) is 18.2 Å². The molecule has 1 aromatic rings. The maximum Gasteiger partial charge on any atom is 0.306 e. The van der Waals surface area contributed by atoms with Crippen molar-refractivity contribution in [2.75, 3.05) is 23.3 Å². The van der Waals surface area contributed by atoms with Gasteiger partial charge in [-0.1, -0.05) is 0 Å². The summed E-state index contributed by atoms with van der Waals surface area (Å²) in [4.78, 5) is 13.1. The van der Waals surface area contributed by atoms with E-state index in [1.165, 1.54) is 0 Å². The zero-order valence-corrected chi connectivity index (χ0v) is 12.9. The normalized spacial score (nSPS) is 14.0. The van der Waals surface area contributed by atoms with E-state index < -0.39 is 5.97 Å². The predicted octanol–water partition coefficient (Wildman–Crippen LogP) is 2.22. The molecule has 0 bridgehead atoms. The lowest BCUT2D eigenvalue weighted by Crippen LogP contribution is -2.36. The van der Waals surface area contributed by atoms with Crippen molar-refractivity contribution in [1.29, 1.82) is 15.8 Å². The van der Waals surface area contributed by atoms with E-state index in [1.807, 2.05) is 12.1 Å². The van der Waals surface area contributed by atoms with Crippen molar-refractivity contribution >= 4 is 17.3 Å². The molecule has 7 heteroatoms. The van der Waals surface area contributed by atoms with Gasteiger partial charge >= 0.3 is 5.97 Å². The lowest BCUT2D eigenvalue weighted by atomic mass is 9.97. The maximum atomic E-state index is 11.0. The number of carboxylic acid groups (broad SMARTS) is 1. The first-order chi connectivity index (χ1) is 11.6. The third-order valence-electron chi connectivity index (χ3n) is 3.93. The molecule has 0 aromatic heterocycles. The molecular weight excluding hydrogens is 306 g/mol. The molecule has 0 unspecified atom stereocenters. The van der Waals surface area contributed by atoms with E-state index >= 15 is 0 Å². The van der Waals surface area contributed by atoms with Crippen LogP contribution in [0.3, 0.4) is 0 Å². The molecule has 0 amide bonds. The van der Waals surface area contributed by atoms with Gasteiger partial charge in [0.1, 0.15) is 23.9 Å². The summed E-state index contributed by atoms with van der Waals surface area (Å²) in [6.07, 6.45) is 1.23. The van der Waals surface area contributed by atoms with Crippen LogP contribution in [0.1, 0.15) is 12.8 Å². The lowest BCUT2D eigenvalue weighted by molar-refractivity contribution is -0.142. The first-order valence-corrected chi connectivity index (χ1v) is 7.38. The van der Waals surface area contributed by atoms with Gasteiger partial charge in [-0.25, -0.2) is 0 Å². The van der Waals surface area contributed by atoms with E-state index in [4.69, 9.17) is 20.9 Å². The Morgan fingerprint density at radius 3 is 2.12 bits per heavy atom.